The fourth-order valence-corrected chi connectivity index (χ4v) is 5.33. The monoisotopic (exact) mass is 281 g/mol. The summed E-state index contributed by atoms with van der Waals surface area (Å²) in [5, 5.41) is 0.601. The van der Waals surface area contributed by atoms with Crippen molar-refractivity contribution in [3.05, 3.63) is 77.8 Å². The zero-order valence-electron chi connectivity index (χ0n) is 11.9. The van der Waals surface area contributed by atoms with E-state index < -0.39 is 0 Å². The maximum absolute atomic E-state index is 2.47. The average molecular weight is 281 g/mol. The highest BCUT2D eigenvalue weighted by molar-refractivity contribution is 8.01. The number of rotatable bonds is 3. The maximum Gasteiger partial charge on any atom is 0.161 e. The van der Waals surface area contributed by atoms with Crippen molar-refractivity contribution in [1.82, 2.24) is 0 Å². The van der Waals surface area contributed by atoms with Crippen LogP contribution >= 0.6 is 0 Å². The normalized spacial score (nSPS) is 26.4. The predicted octanol–water partition coefficient (Wildman–Crippen LogP) is 5.03. The summed E-state index contributed by atoms with van der Waals surface area (Å²) in [6.45, 7) is 2.31. The molecule has 0 saturated heterocycles. The molecule has 0 saturated carbocycles. The largest absolute Gasteiger partial charge is 0.161 e. The zero-order chi connectivity index (χ0) is 13.8. The minimum atomic E-state index is 0.155. The van der Waals surface area contributed by atoms with Gasteiger partial charge in [-0.05, 0) is 42.7 Å². The average Bonchev–Trinajstić information content (AvgIpc) is 2.50. The van der Waals surface area contributed by atoms with Gasteiger partial charge in [-0.2, -0.15) is 0 Å². The van der Waals surface area contributed by atoms with Crippen LogP contribution in [0.25, 0.3) is 0 Å². The van der Waals surface area contributed by atoms with Crippen molar-refractivity contribution in [2.45, 2.75) is 29.9 Å². The molecular weight excluding hydrogens is 260 g/mol. The molecule has 1 aromatic carbocycles. The number of hydrogen-bond acceptors (Lipinski definition) is 0. The van der Waals surface area contributed by atoms with Gasteiger partial charge in [0.25, 0.3) is 0 Å². The van der Waals surface area contributed by atoms with E-state index in [-0.39, 0.29) is 10.9 Å². The van der Waals surface area contributed by atoms with Crippen LogP contribution < -0.4 is 0 Å². The third-order valence-electron chi connectivity index (χ3n) is 3.73. The minimum absolute atomic E-state index is 0.155. The lowest BCUT2D eigenvalue weighted by molar-refractivity contribution is 0.734. The van der Waals surface area contributed by atoms with Gasteiger partial charge in [-0.15, -0.1) is 0 Å². The molecule has 2 aliphatic carbocycles. The van der Waals surface area contributed by atoms with Gasteiger partial charge in [0.2, 0.25) is 0 Å². The van der Waals surface area contributed by atoms with Gasteiger partial charge in [0, 0.05) is 6.42 Å². The number of hydrogen-bond donors (Lipinski definition) is 0. The Kier molecular flexibility index (Phi) is 4.27. The van der Waals surface area contributed by atoms with E-state index in [4.69, 9.17) is 0 Å². The lowest BCUT2D eigenvalue weighted by Crippen LogP contribution is -2.22. The van der Waals surface area contributed by atoms with Gasteiger partial charge in [-0.3, -0.25) is 0 Å². The molecule has 3 rings (SSSR count). The molecule has 0 spiro atoms. The first-order valence-electron chi connectivity index (χ1n) is 7.34. The summed E-state index contributed by atoms with van der Waals surface area (Å²) < 4.78 is 0. The Morgan fingerprint density at radius 2 is 1.85 bits per heavy atom. The van der Waals surface area contributed by atoms with Crippen LogP contribution in [0.15, 0.2) is 82.7 Å². The highest BCUT2D eigenvalue weighted by atomic mass is 32.2. The molecule has 2 aliphatic rings. The van der Waals surface area contributed by atoms with Gasteiger partial charge >= 0.3 is 0 Å². The molecule has 0 radical (unpaired) electrons. The molecule has 3 atom stereocenters. The summed E-state index contributed by atoms with van der Waals surface area (Å²) in [6.07, 6.45) is 18.5. The van der Waals surface area contributed by atoms with Gasteiger partial charge in [0.05, 0.1) is 10.9 Å². The van der Waals surface area contributed by atoms with E-state index in [0.29, 0.717) is 11.2 Å². The summed E-state index contributed by atoms with van der Waals surface area (Å²) >= 11 is 0. The van der Waals surface area contributed by atoms with Crippen molar-refractivity contribution in [1.29, 1.82) is 0 Å². The Hall–Kier alpha value is -1.47. The quantitative estimate of drug-likeness (QED) is 0.682. The first kappa shape index (κ1) is 13.5. The zero-order valence-corrected chi connectivity index (χ0v) is 12.7. The fourth-order valence-electron chi connectivity index (χ4n) is 2.73. The van der Waals surface area contributed by atoms with Crippen LogP contribution in [0.5, 0.6) is 0 Å². The third kappa shape index (κ3) is 2.99. The topological polar surface area (TPSA) is 0 Å². The summed E-state index contributed by atoms with van der Waals surface area (Å²) in [6, 6.07) is 11.0. The summed E-state index contributed by atoms with van der Waals surface area (Å²) in [5.74, 6) is 0.664. The molecule has 1 heteroatoms. The Balaban J connectivity index is 1.97. The van der Waals surface area contributed by atoms with Crippen molar-refractivity contribution in [2.75, 3.05) is 0 Å². The molecule has 0 amide bonds. The Morgan fingerprint density at radius 3 is 2.55 bits per heavy atom. The third-order valence-corrected chi connectivity index (χ3v) is 6.25. The molecule has 20 heavy (non-hydrogen) atoms. The van der Waals surface area contributed by atoms with E-state index >= 15 is 0 Å². The molecule has 3 unspecified atom stereocenters. The molecule has 0 aromatic heterocycles. The van der Waals surface area contributed by atoms with Crippen LogP contribution in [0, 0.1) is 5.92 Å². The second kappa shape index (κ2) is 6.32. The molecule has 1 aromatic rings. The van der Waals surface area contributed by atoms with Crippen LogP contribution in [0.3, 0.4) is 0 Å². The van der Waals surface area contributed by atoms with Crippen molar-refractivity contribution in [2.24, 2.45) is 5.92 Å². The smallest absolute Gasteiger partial charge is 0.0792 e. The van der Waals surface area contributed by atoms with Crippen LogP contribution in [0.2, 0.25) is 0 Å². The Labute approximate surface area is 124 Å². The Bertz CT molecular complexity index is 563. The van der Waals surface area contributed by atoms with Crippen LogP contribution in [-0.2, 0) is 10.9 Å². The second-order valence-electron chi connectivity index (χ2n) is 5.42. The first-order chi connectivity index (χ1) is 9.84. The second-order valence-corrected chi connectivity index (χ2v) is 7.65. The molecule has 0 aliphatic heterocycles. The fraction of sp³-hybridized carbons (Fsp3) is 0.263. The van der Waals surface area contributed by atoms with Crippen LogP contribution in [0.1, 0.15) is 19.8 Å². The molecule has 0 fully saturated rings. The van der Waals surface area contributed by atoms with Gasteiger partial charge in [0.15, 0.2) is 15.1 Å². The molecule has 102 valence electrons. The summed E-state index contributed by atoms with van der Waals surface area (Å²) in [4.78, 5) is 2.97. The van der Waals surface area contributed by atoms with Crippen molar-refractivity contribution >= 4 is 10.9 Å². The lowest BCUT2D eigenvalue weighted by Gasteiger charge is -2.19. The van der Waals surface area contributed by atoms with Gasteiger partial charge < -0.3 is 0 Å². The first-order valence-corrected chi connectivity index (χ1v) is 8.63. The molecular formula is C19H21S+. The Morgan fingerprint density at radius 1 is 1.00 bits per heavy atom. The predicted molar refractivity (Wildman–Crippen MR) is 89.8 cm³/mol. The van der Waals surface area contributed by atoms with E-state index in [1.54, 1.807) is 0 Å². The summed E-state index contributed by atoms with van der Waals surface area (Å²) in [7, 11) is 0.155. The van der Waals surface area contributed by atoms with Gasteiger partial charge in [-0.25, -0.2) is 0 Å². The van der Waals surface area contributed by atoms with Gasteiger partial charge in [0.1, 0.15) is 0 Å². The van der Waals surface area contributed by atoms with E-state index in [2.05, 4.69) is 79.8 Å². The molecule has 0 N–H and O–H groups in total. The highest BCUT2D eigenvalue weighted by Gasteiger charge is 2.35. The standard InChI is InChI=1S/C19H21S/c1-16-9-8-14-19(15-16)20(17-10-4-2-5-11-17)18-12-6-3-7-13-18/h2-8,10-12,14-16,18H,9,13H2,1H3/q+1. The number of benzene rings is 1. The summed E-state index contributed by atoms with van der Waals surface area (Å²) in [5.41, 5.74) is 0. The molecule has 0 heterocycles. The van der Waals surface area contributed by atoms with Crippen molar-refractivity contribution in [3.8, 4) is 0 Å². The molecule has 0 bridgehead atoms. The van der Waals surface area contributed by atoms with Gasteiger partial charge in [-0.1, -0.05) is 49.4 Å². The highest BCUT2D eigenvalue weighted by Crippen LogP contribution is 2.34. The van der Waals surface area contributed by atoms with Crippen molar-refractivity contribution in [3.63, 3.8) is 0 Å². The van der Waals surface area contributed by atoms with Crippen LogP contribution in [-0.4, -0.2) is 5.25 Å². The SMILES string of the molecule is CC1C=C([S+](c2ccccc2)C2C=CC=CC2)C=CC1. The van der Waals surface area contributed by atoms with E-state index in [9.17, 15) is 0 Å². The lowest BCUT2D eigenvalue weighted by atomic mass is 10.0. The van der Waals surface area contributed by atoms with E-state index in [1.165, 1.54) is 16.2 Å². The minimum Gasteiger partial charge on any atom is -0.0792 e. The van der Waals surface area contributed by atoms with Crippen molar-refractivity contribution < 1.29 is 0 Å². The van der Waals surface area contributed by atoms with E-state index in [0.717, 1.165) is 6.42 Å². The van der Waals surface area contributed by atoms with Crippen LogP contribution in [0.4, 0.5) is 0 Å². The maximum atomic E-state index is 2.47. The van der Waals surface area contributed by atoms with E-state index in [1.807, 2.05) is 0 Å². The molecule has 0 nitrogen and oxygen atoms in total. The number of allylic oxidation sites excluding steroid dienone is 6.